The van der Waals surface area contributed by atoms with Gasteiger partial charge in [0.25, 0.3) is 5.56 Å². The van der Waals surface area contributed by atoms with Crippen molar-refractivity contribution in [3.63, 3.8) is 0 Å². The van der Waals surface area contributed by atoms with Crippen molar-refractivity contribution < 1.29 is 4.79 Å². The van der Waals surface area contributed by atoms with Gasteiger partial charge in [-0.15, -0.1) is 22.7 Å². The van der Waals surface area contributed by atoms with Crippen LogP contribution in [-0.4, -0.2) is 20.9 Å². The summed E-state index contributed by atoms with van der Waals surface area (Å²) in [4.78, 5) is 39.4. The number of aromatic amines is 1. The van der Waals surface area contributed by atoms with Crippen LogP contribution in [0.1, 0.15) is 79.2 Å². The topological polar surface area (TPSA) is 87.7 Å². The van der Waals surface area contributed by atoms with Crippen molar-refractivity contribution in [1.29, 1.82) is 0 Å². The summed E-state index contributed by atoms with van der Waals surface area (Å²) in [5.74, 6) is 1.04. The Kier molecular flexibility index (Phi) is 5.69. The highest BCUT2D eigenvalue weighted by atomic mass is 32.1. The Morgan fingerprint density at radius 1 is 1.13 bits per heavy atom. The SMILES string of the molecule is O=C(CCc1nc2sc3c(c2c(=O)[nH]1)CCCC3)Nc1nc(C2CCCCC2)cs1. The summed E-state index contributed by atoms with van der Waals surface area (Å²) in [6.45, 7) is 0. The van der Waals surface area contributed by atoms with Gasteiger partial charge >= 0.3 is 0 Å². The smallest absolute Gasteiger partial charge is 0.259 e. The van der Waals surface area contributed by atoms with Crippen LogP contribution in [0.25, 0.3) is 10.2 Å². The highest BCUT2D eigenvalue weighted by Gasteiger charge is 2.21. The summed E-state index contributed by atoms with van der Waals surface area (Å²) in [6, 6.07) is 0. The van der Waals surface area contributed by atoms with E-state index in [1.165, 1.54) is 60.3 Å². The zero-order valence-corrected chi connectivity index (χ0v) is 18.6. The Hall–Kier alpha value is -2.06. The Morgan fingerprint density at radius 2 is 1.97 bits per heavy atom. The minimum atomic E-state index is -0.0900. The number of H-pyrrole nitrogens is 1. The molecule has 158 valence electrons. The molecule has 2 aliphatic rings. The molecule has 1 amide bonds. The van der Waals surface area contributed by atoms with Gasteiger partial charge in [-0.25, -0.2) is 9.97 Å². The lowest BCUT2D eigenvalue weighted by Crippen LogP contribution is -2.16. The van der Waals surface area contributed by atoms with Crippen molar-refractivity contribution in [3.05, 3.63) is 37.7 Å². The van der Waals surface area contributed by atoms with E-state index in [1.54, 1.807) is 11.3 Å². The number of nitrogens with zero attached hydrogens (tertiary/aromatic N) is 2. The lowest BCUT2D eigenvalue weighted by Gasteiger charge is -2.19. The Morgan fingerprint density at radius 3 is 2.83 bits per heavy atom. The molecule has 0 radical (unpaired) electrons. The third-order valence-corrected chi connectivity index (χ3v) is 8.22. The van der Waals surface area contributed by atoms with Crippen LogP contribution in [0.5, 0.6) is 0 Å². The summed E-state index contributed by atoms with van der Waals surface area (Å²) in [5, 5.41) is 6.43. The first-order valence-electron chi connectivity index (χ1n) is 11.0. The minimum absolute atomic E-state index is 0.0631. The number of carbonyl (C=O) groups excluding carboxylic acids is 1. The maximum atomic E-state index is 12.6. The van der Waals surface area contributed by atoms with Gasteiger partial charge in [0.1, 0.15) is 10.7 Å². The average Bonchev–Trinajstić information content (AvgIpc) is 3.37. The van der Waals surface area contributed by atoms with E-state index in [1.807, 2.05) is 0 Å². The highest BCUT2D eigenvalue weighted by molar-refractivity contribution is 7.18. The van der Waals surface area contributed by atoms with Crippen molar-refractivity contribution in [2.24, 2.45) is 0 Å². The van der Waals surface area contributed by atoms with Crippen LogP contribution in [0.4, 0.5) is 5.13 Å². The Bertz CT molecular complexity index is 1120. The third kappa shape index (κ3) is 4.07. The van der Waals surface area contributed by atoms with Crippen LogP contribution in [0.15, 0.2) is 10.2 Å². The van der Waals surface area contributed by atoms with Crippen LogP contribution < -0.4 is 10.9 Å². The molecule has 0 aliphatic heterocycles. The second kappa shape index (κ2) is 8.59. The molecule has 5 rings (SSSR count). The fourth-order valence-corrected chi connectivity index (χ4v) is 6.76. The number of aromatic nitrogens is 3. The van der Waals surface area contributed by atoms with Gasteiger partial charge in [-0.3, -0.25) is 9.59 Å². The fourth-order valence-electron chi connectivity index (χ4n) is 4.67. The van der Waals surface area contributed by atoms with E-state index in [0.29, 0.717) is 23.3 Å². The number of amides is 1. The van der Waals surface area contributed by atoms with Crippen LogP contribution in [0.2, 0.25) is 0 Å². The summed E-state index contributed by atoms with van der Waals surface area (Å²) >= 11 is 3.14. The van der Waals surface area contributed by atoms with Gasteiger partial charge in [0, 0.05) is 29.0 Å². The Balaban J connectivity index is 1.23. The Labute approximate surface area is 183 Å². The zero-order chi connectivity index (χ0) is 20.5. The summed E-state index contributed by atoms with van der Waals surface area (Å²) in [7, 11) is 0. The molecular formula is C22H26N4O2S2. The number of fused-ring (bicyclic) bond motifs is 3. The fraction of sp³-hybridized carbons (Fsp3) is 0.545. The summed E-state index contributed by atoms with van der Waals surface area (Å²) < 4.78 is 0. The quantitative estimate of drug-likeness (QED) is 0.586. The van der Waals surface area contributed by atoms with Crippen molar-refractivity contribution in [1.82, 2.24) is 15.0 Å². The number of nitrogens with one attached hydrogen (secondary N) is 2. The van der Waals surface area contributed by atoms with Gasteiger partial charge in [0.2, 0.25) is 5.91 Å². The van der Waals surface area contributed by atoms with Crippen LogP contribution in [0, 0.1) is 0 Å². The van der Waals surface area contributed by atoms with Crippen molar-refractivity contribution in [2.75, 3.05) is 5.32 Å². The van der Waals surface area contributed by atoms with Crippen molar-refractivity contribution in [3.8, 4) is 0 Å². The maximum absolute atomic E-state index is 12.6. The number of aryl methyl sites for hydroxylation is 3. The molecule has 30 heavy (non-hydrogen) atoms. The molecule has 0 atom stereocenters. The molecule has 0 bridgehead atoms. The molecule has 0 aromatic carbocycles. The van der Waals surface area contributed by atoms with Crippen molar-refractivity contribution in [2.45, 2.75) is 76.5 Å². The van der Waals surface area contributed by atoms with Gasteiger partial charge in [0.15, 0.2) is 5.13 Å². The molecule has 2 N–H and O–H groups in total. The van der Waals surface area contributed by atoms with Crippen LogP contribution in [-0.2, 0) is 24.1 Å². The van der Waals surface area contributed by atoms with Gasteiger partial charge in [-0.05, 0) is 44.1 Å². The molecule has 3 aromatic rings. The summed E-state index contributed by atoms with van der Waals surface area (Å²) in [6.07, 6.45) is 11.3. The summed E-state index contributed by atoms with van der Waals surface area (Å²) in [5.41, 5.74) is 2.25. The van der Waals surface area contributed by atoms with E-state index >= 15 is 0 Å². The largest absolute Gasteiger partial charge is 0.310 e. The molecule has 1 saturated carbocycles. The average molecular weight is 443 g/mol. The van der Waals surface area contributed by atoms with E-state index in [2.05, 4.69) is 25.6 Å². The van der Waals surface area contributed by atoms with E-state index in [0.717, 1.165) is 35.2 Å². The number of anilines is 1. The molecule has 2 aliphatic carbocycles. The number of thiazole rings is 1. The predicted molar refractivity (Wildman–Crippen MR) is 122 cm³/mol. The molecule has 0 spiro atoms. The van der Waals surface area contributed by atoms with Gasteiger partial charge in [-0.2, -0.15) is 0 Å². The minimum Gasteiger partial charge on any atom is -0.310 e. The van der Waals surface area contributed by atoms with Gasteiger partial charge in [-0.1, -0.05) is 19.3 Å². The van der Waals surface area contributed by atoms with E-state index in [9.17, 15) is 9.59 Å². The lowest BCUT2D eigenvalue weighted by atomic mass is 9.87. The molecular weight excluding hydrogens is 416 g/mol. The van der Waals surface area contributed by atoms with Gasteiger partial charge < -0.3 is 10.3 Å². The number of thiophene rings is 1. The molecule has 0 saturated heterocycles. The lowest BCUT2D eigenvalue weighted by molar-refractivity contribution is -0.116. The first-order chi connectivity index (χ1) is 14.7. The van der Waals surface area contributed by atoms with Crippen LogP contribution >= 0.6 is 22.7 Å². The van der Waals surface area contributed by atoms with Crippen molar-refractivity contribution >= 4 is 43.9 Å². The molecule has 6 nitrogen and oxygen atoms in total. The zero-order valence-electron chi connectivity index (χ0n) is 17.0. The van der Waals surface area contributed by atoms with Crippen LogP contribution in [0.3, 0.4) is 0 Å². The van der Waals surface area contributed by atoms with E-state index < -0.39 is 0 Å². The molecule has 1 fully saturated rings. The molecule has 8 heteroatoms. The predicted octanol–water partition coefficient (Wildman–Crippen LogP) is 4.94. The standard InChI is InChI=1S/C22H26N4O2S2/c27-18(26-22-23-15(12-29-22)13-6-2-1-3-7-13)11-10-17-24-20(28)19-14-8-4-5-9-16(14)30-21(19)25-17/h12-13H,1-11H2,(H,23,26,27)(H,24,25,28). The number of hydrogen-bond acceptors (Lipinski definition) is 6. The number of carbonyl (C=O) groups is 1. The van der Waals surface area contributed by atoms with E-state index in [-0.39, 0.29) is 17.9 Å². The maximum Gasteiger partial charge on any atom is 0.259 e. The second-order valence-electron chi connectivity index (χ2n) is 8.36. The molecule has 0 unspecified atom stereocenters. The van der Waals surface area contributed by atoms with E-state index in [4.69, 9.17) is 0 Å². The number of rotatable bonds is 5. The number of hydrogen-bond donors (Lipinski definition) is 2. The third-order valence-electron chi connectivity index (χ3n) is 6.25. The highest BCUT2D eigenvalue weighted by Crippen LogP contribution is 2.35. The first kappa shape index (κ1) is 19.9. The van der Waals surface area contributed by atoms with Gasteiger partial charge in [0.05, 0.1) is 11.1 Å². The normalized spacial score (nSPS) is 17.2. The molecule has 3 aromatic heterocycles. The first-order valence-corrected chi connectivity index (χ1v) is 12.7. The second-order valence-corrected chi connectivity index (χ2v) is 10.3. The molecule has 3 heterocycles. The monoisotopic (exact) mass is 442 g/mol.